The molecule has 4 nitrogen and oxygen atoms in total. The molecule has 2 aromatic carbocycles. The number of hydrogen-bond donors (Lipinski definition) is 1. The van der Waals surface area contributed by atoms with Gasteiger partial charge in [0.1, 0.15) is 18.2 Å². The molecule has 3 aromatic rings. The van der Waals surface area contributed by atoms with E-state index in [9.17, 15) is 0 Å². The third kappa shape index (κ3) is 3.41. The van der Waals surface area contributed by atoms with Gasteiger partial charge in [0.15, 0.2) is 0 Å². The summed E-state index contributed by atoms with van der Waals surface area (Å²) >= 11 is 6.06. The van der Waals surface area contributed by atoms with E-state index in [1.807, 2.05) is 24.3 Å². The van der Waals surface area contributed by atoms with Gasteiger partial charge in [0.05, 0.1) is 11.0 Å². The van der Waals surface area contributed by atoms with Gasteiger partial charge in [-0.05, 0) is 48.9 Å². The molecule has 0 saturated carbocycles. The van der Waals surface area contributed by atoms with Crippen molar-refractivity contribution in [3.63, 3.8) is 0 Å². The summed E-state index contributed by atoms with van der Waals surface area (Å²) in [6, 6.07) is 14.0. The average Bonchev–Trinajstić information content (AvgIpc) is 2.93. The molecule has 128 valence electrons. The zero-order chi connectivity index (χ0) is 17.2. The molecule has 1 aromatic heterocycles. The molecule has 0 bridgehead atoms. The average molecular weight is 354 g/mol. The van der Waals surface area contributed by atoms with E-state index in [0.29, 0.717) is 6.61 Å². The third-order valence-corrected chi connectivity index (χ3v) is 4.69. The van der Waals surface area contributed by atoms with Crippen LogP contribution in [0, 0.1) is 6.92 Å². The SMILES string of the molecule is Cc1nc2ccccc2n1CCNCC1=Cc2cc(Cl)ccc2OC1. The first-order chi connectivity index (χ1) is 12.2. The number of aryl methyl sites for hydroxylation is 1. The van der Waals surface area contributed by atoms with E-state index in [1.54, 1.807) is 0 Å². The second-order valence-electron chi connectivity index (χ2n) is 6.25. The van der Waals surface area contributed by atoms with Crippen molar-refractivity contribution in [3.8, 4) is 5.75 Å². The van der Waals surface area contributed by atoms with Gasteiger partial charge in [-0.3, -0.25) is 0 Å². The van der Waals surface area contributed by atoms with Crippen LogP contribution in [-0.4, -0.2) is 29.2 Å². The molecule has 25 heavy (non-hydrogen) atoms. The Morgan fingerprint density at radius 3 is 3.04 bits per heavy atom. The van der Waals surface area contributed by atoms with E-state index < -0.39 is 0 Å². The maximum Gasteiger partial charge on any atom is 0.127 e. The molecule has 0 fully saturated rings. The van der Waals surface area contributed by atoms with Gasteiger partial charge in [-0.1, -0.05) is 23.7 Å². The van der Waals surface area contributed by atoms with Crippen molar-refractivity contribution < 1.29 is 4.74 Å². The number of fused-ring (bicyclic) bond motifs is 2. The van der Waals surface area contributed by atoms with E-state index in [4.69, 9.17) is 16.3 Å². The number of rotatable bonds is 5. The number of benzene rings is 2. The highest BCUT2D eigenvalue weighted by Crippen LogP contribution is 2.28. The smallest absolute Gasteiger partial charge is 0.127 e. The summed E-state index contributed by atoms with van der Waals surface area (Å²) in [5, 5.41) is 4.23. The summed E-state index contributed by atoms with van der Waals surface area (Å²) in [4.78, 5) is 4.61. The number of halogens is 1. The van der Waals surface area contributed by atoms with Crippen LogP contribution < -0.4 is 10.1 Å². The first kappa shape index (κ1) is 16.2. The van der Waals surface area contributed by atoms with Crippen LogP contribution in [0.1, 0.15) is 11.4 Å². The number of nitrogens with zero attached hydrogens (tertiary/aromatic N) is 2. The molecule has 2 heterocycles. The fourth-order valence-electron chi connectivity index (χ4n) is 3.22. The van der Waals surface area contributed by atoms with Gasteiger partial charge in [0.2, 0.25) is 0 Å². The molecular weight excluding hydrogens is 334 g/mol. The Bertz CT molecular complexity index is 945. The van der Waals surface area contributed by atoms with Gasteiger partial charge in [0.25, 0.3) is 0 Å². The summed E-state index contributed by atoms with van der Waals surface area (Å²) in [5.74, 6) is 1.94. The summed E-state index contributed by atoms with van der Waals surface area (Å²) in [7, 11) is 0. The number of ether oxygens (including phenoxy) is 1. The third-order valence-electron chi connectivity index (χ3n) is 4.45. The van der Waals surface area contributed by atoms with Gasteiger partial charge in [-0.25, -0.2) is 4.98 Å². The van der Waals surface area contributed by atoms with E-state index in [0.717, 1.165) is 47.3 Å². The quantitative estimate of drug-likeness (QED) is 0.703. The summed E-state index contributed by atoms with van der Waals surface area (Å²) < 4.78 is 8.04. The molecule has 0 aliphatic carbocycles. The number of aromatic nitrogens is 2. The highest BCUT2D eigenvalue weighted by atomic mass is 35.5. The van der Waals surface area contributed by atoms with Crippen LogP contribution >= 0.6 is 11.6 Å². The largest absolute Gasteiger partial charge is 0.489 e. The van der Waals surface area contributed by atoms with Crippen molar-refractivity contribution in [2.24, 2.45) is 0 Å². The lowest BCUT2D eigenvalue weighted by Gasteiger charge is -2.18. The van der Waals surface area contributed by atoms with Crippen molar-refractivity contribution in [1.82, 2.24) is 14.9 Å². The Morgan fingerprint density at radius 1 is 1.24 bits per heavy atom. The van der Waals surface area contributed by atoms with Crippen molar-refractivity contribution in [3.05, 3.63) is 64.4 Å². The Morgan fingerprint density at radius 2 is 2.12 bits per heavy atom. The molecule has 0 unspecified atom stereocenters. The maximum absolute atomic E-state index is 6.06. The minimum absolute atomic E-state index is 0.620. The van der Waals surface area contributed by atoms with Gasteiger partial charge in [-0.2, -0.15) is 0 Å². The number of hydrogen-bond acceptors (Lipinski definition) is 3. The lowest BCUT2D eigenvalue weighted by molar-refractivity contribution is 0.343. The van der Waals surface area contributed by atoms with Crippen LogP contribution in [0.25, 0.3) is 17.1 Å². The first-order valence-corrected chi connectivity index (χ1v) is 8.83. The monoisotopic (exact) mass is 353 g/mol. The van der Waals surface area contributed by atoms with E-state index in [-0.39, 0.29) is 0 Å². The fourth-order valence-corrected chi connectivity index (χ4v) is 3.40. The predicted octanol–water partition coefficient (Wildman–Crippen LogP) is 4.06. The Labute approximate surface area is 152 Å². The van der Waals surface area contributed by atoms with Crippen LogP contribution in [-0.2, 0) is 6.54 Å². The Balaban J connectivity index is 1.37. The first-order valence-electron chi connectivity index (χ1n) is 8.45. The minimum Gasteiger partial charge on any atom is -0.489 e. The Kier molecular flexibility index (Phi) is 4.47. The minimum atomic E-state index is 0.620. The number of imidazole rings is 1. The molecule has 4 rings (SSSR count). The standard InChI is InChI=1S/C20H20ClN3O/c1-14-23-18-4-2-3-5-19(18)24(14)9-8-22-12-15-10-16-11-17(21)6-7-20(16)25-13-15/h2-7,10-11,22H,8-9,12-13H2,1H3. The highest BCUT2D eigenvalue weighted by molar-refractivity contribution is 6.30. The van der Waals surface area contributed by atoms with E-state index >= 15 is 0 Å². The summed E-state index contributed by atoms with van der Waals surface area (Å²) in [6.07, 6.45) is 2.16. The number of para-hydroxylation sites is 2. The normalized spacial score (nSPS) is 13.4. The zero-order valence-corrected chi connectivity index (χ0v) is 14.9. The van der Waals surface area contributed by atoms with Crippen LogP contribution in [0.15, 0.2) is 48.0 Å². The summed E-state index contributed by atoms with van der Waals surface area (Å²) in [5.41, 5.74) is 4.51. The lowest BCUT2D eigenvalue weighted by atomic mass is 10.1. The topological polar surface area (TPSA) is 39.1 Å². The molecule has 1 aliphatic rings. The second kappa shape index (κ2) is 6.90. The zero-order valence-electron chi connectivity index (χ0n) is 14.1. The van der Waals surface area contributed by atoms with Gasteiger partial charge in [0, 0.05) is 30.2 Å². The lowest BCUT2D eigenvalue weighted by Crippen LogP contribution is -2.25. The number of nitrogens with one attached hydrogen (secondary N) is 1. The van der Waals surface area contributed by atoms with Gasteiger partial charge in [-0.15, -0.1) is 0 Å². The molecule has 0 atom stereocenters. The molecule has 5 heteroatoms. The maximum atomic E-state index is 6.06. The highest BCUT2D eigenvalue weighted by Gasteiger charge is 2.11. The molecule has 0 saturated heterocycles. The van der Waals surface area contributed by atoms with Crippen LogP contribution in [0.3, 0.4) is 0 Å². The van der Waals surface area contributed by atoms with Crippen LogP contribution in [0.2, 0.25) is 5.02 Å². The molecular formula is C20H20ClN3O. The Hall–Kier alpha value is -2.30. The van der Waals surface area contributed by atoms with E-state index in [2.05, 4.69) is 46.1 Å². The van der Waals surface area contributed by atoms with Gasteiger partial charge < -0.3 is 14.6 Å². The van der Waals surface area contributed by atoms with Gasteiger partial charge >= 0.3 is 0 Å². The molecule has 1 aliphatic heterocycles. The van der Waals surface area contributed by atoms with Crippen molar-refractivity contribution in [1.29, 1.82) is 0 Å². The van der Waals surface area contributed by atoms with E-state index in [1.165, 1.54) is 11.1 Å². The van der Waals surface area contributed by atoms with Crippen molar-refractivity contribution >= 4 is 28.7 Å². The second-order valence-corrected chi connectivity index (χ2v) is 6.69. The molecule has 1 N–H and O–H groups in total. The van der Waals surface area contributed by atoms with Crippen molar-refractivity contribution in [2.45, 2.75) is 13.5 Å². The van der Waals surface area contributed by atoms with Crippen LogP contribution in [0.5, 0.6) is 5.75 Å². The molecule has 0 radical (unpaired) electrons. The molecule has 0 spiro atoms. The summed E-state index contributed by atoms with van der Waals surface area (Å²) in [6.45, 7) is 5.24. The predicted molar refractivity (Wildman–Crippen MR) is 102 cm³/mol. The fraction of sp³-hybridized carbons (Fsp3) is 0.250. The van der Waals surface area contributed by atoms with Crippen molar-refractivity contribution in [2.75, 3.05) is 19.7 Å². The van der Waals surface area contributed by atoms with Crippen LogP contribution in [0.4, 0.5) is 0 Å². The molecule has 0 amide bonds.